The van der Waals surface area contributed by atoms with Crippen molar-refractivity contribution in [1.29, 1.82) is 5.26 Å². The van der Waals surface area contributed by atoms with Crippen LogP contribution < -0.4 is 10.5 Å². The Bertz CT molecular complexity index is 1300. The third-order valence-corrected chi connectivity index (χ3v) is 7.94. The van der Waals surface area contributed by atoms with Crippen molar-refractivity contribution in [1.82, 2.24) is 24.2 Å². The third-order valence-electron chi connectivity index (χ3n) is 7.94. The minimum Gasteiger partial charge on any atom is -0.364 e. The summed E-state index contributed by atoms with van der Waals surface area (Å²) in [5, 5.41) is 13.9. The van der Waals surface area contributed by atoms with Gasteiger partial charge in [0.25, 0.3) is 5.56 Å². The van der Waals surface area contributed by atoms with Crippen LogP contribution in [0.1, 0.15) is 69.7 Å². The fraction of sp³-hybridized carbons (Fsp3) is 0.556. The average molecular weight is 474 g/mol. The van der Waals surface area contributed by atoms with Crippen LogP contribution in [0.15, 0.2) is 35.4 Å². The summed E-state index contributed by atoms with van der Waals surface area (Å²) in [4.78, 5) is 22.7. The lowest BCUT2D eigenvalue weighted by Crippen LogP contribution is -2.58. The molecule has 3 aromatic rings. The van der Waals surface area contributed by atoms with Gasteiger partial charge in [0.1, 0.15) is 12.1 Å². The molecule has 3 aromatic heterocycles. The number of anilines is 1. The summed E-state index contributed by atoms with van der Waals surface area (Å²) < 4.78 is 3.24. The molecule has 0 N–H and O–H groups in total. The monoisotopic (exact) mass is 473 g/mol. The van der Waals surface area contributed by atoms with Gasteiger partial charge in [0, 0.05) is 50.5 Å². The SMILES string of the molecule is CC[C@H]1CN(C(C)c2ccc(C3CC3)cn2)[C@H](CC)CN1c1cc(=O)n(C)c2cn(CC#N)nc12. The predicted molar refractivity (Wildman–Crippen MR) is 137 cm³/mol. The Morgan fingerprint density at radius 2 is 1.94 bits per heavy atom. The van der Waals surface area contributed by atoms with E-state index >= 15 is 0 Å². The first-order valence-electron chi connectivity index (χ1n) is 12.9. The molecule has 4 heterocycles. The fourth-order valence-electron chi connectivity index (χ4n) is 5.56. The van der Waals surface area contributed by atoms with Gasteiger partial charge in [-0.3, -0.25) is 19.4 Å². The lowest BCUT2D eigenvalue weighted by molar-refractivity contribution is 0.0991. The van der Waals surface area contributed by atoms with E-state index in [4.69, 9.17) is 15.3 Å². The molecule has 0 spiro atoms. The van der Waals surface area contributed by atoms with E-state index in [0.29, 0.717) is 6.04 Å². The van der Waals surface area contributed by atoms with Crippen molar-refractivity contribution in [3.05, 3.63) is 52.2 Å². The van der Waals surface area contributed by atoms with Gasteiger partial charge in [0.2, 0.25) is 0 Å². The standard InChI is InChI=1S/C27H35N7O/c1-5-21-16-34(24-13-26(35)31(4)25-17-32(12-11-28)30-27(24)25)22(6-2)15-33(21)18(3)23-10-9-20(14-29-23)19-7-8-19/h9-10,13-14,17-19,21-22H,5-8,12,15-16H2,1-4H3/t18?,21-,22+/m1/s1. The van der Waals surface area contributed by atoms with Crippen molar-refractivity contribution in [3.63, 3.8) is 0 Å². The molecule has 2 fully saturated rings. The minimum atomic E-state index is -0.0531. The molecule has 8 heteroatoms. The Morgan fingerprint density at radius 1 is 1.17 bits per heavy atom. The lowest BCUT2D eigenvalue weighted by atomic mass is 9.98. The van der Waals surface area contributed by atoms with Crippen molar-refractivity contribution < 1.29 is 0 Å². The molecule has 0 aromatic carbocycles. The van der Waals surface area contributed by atoms with Crippen LogP contribution in [0, 0.1) is 11.3 Å². The van der Waals surface area contributed by atoms with Gasteiger partial charge in [0.05, 0.1) is 29.2 Å². The van der Waals surface area contributed by atoms with Gasteiger partial charge in [-0.05, 0) is 50.2 Å². The van der Waals surface area contributed by atoms with Gasteiger partial charge >= 0.3 is 0 Å². The van der Waals surface area contributed by atoms with E-state index in [-0.39, 0.29) is 24.2 Å². The summed E-state index contributed by atoms with van der Waals surface area (Å²) >= 11 is 0. The smallest absolute Gasteiger partial charge is 0.252 e. The highest BCUT2D eigenvalue weighted by Crippen LogP contribution is 2.40. The van der Waals surface area contributed by atoms with Crippen molar-refractivity contribution >= 4 is 16.7 Å². The number of nitrogens with zero attached hydrogens (tertiary/aromatic N) is 7. The van der Waals surface area contributed by atoms with E-state index in [1.807, 2.05) is 0 Å². The number of pyridine rings is 2. The summed E-state index contributed by atoms with van der Waals surface area (Å²) in [5.74, 6) is 0.718. The molecule has 5 rings (SSSR count). The topological polar surface area (TPSA) is 83.0 Å². The summed E-state index contributed by atoms with van der Waals surface area (Å²) in [6.45, 7) is 8.60. The van der Waals surface area contributed by atoms with Gasteiger partial charge in [-0.15, -0.1) is 0 Å². The zero-order valence-electron chi connectivity index (χ0n) is 21.2. The van der Waals surface area contributed by atoms with Crippen molar-refractivity contribution in [2.24, 2.45) is 7.05 Å². The molecule has 1 saturated heterocycles. The zero-order valence-corrected chi connectivity index (χ0v) is 21.2. The maximum Gasteiger partial charge on any atom is 0.252 e. The molecular formula is C27H35N7O. The van der Waals surface area contributed by atoms with Gasteiger partial charge in [-0.2, -0.15) is 10.4 Å². The van der Waals surface area contributed by atoms with Gasteiger partial charge in [-0.1, -0.05) is 19.9 Å². The maximum absolute atomic E-state index is 12.9. The second-order valence-electron chi connectivity index (χ2n) is 10.1. The molecule has 2 aliphatic rings. The van der Waals surface area contributed by atoms with E-state index in [2.05, 4.69) is 55.0 Å². The quantitative estimate of drug-likeness (QED) is 0.516. The molecule has 0 bridgehead atoms. The van der Waals surface area contributed by atoms with Gasteiger partial charge in [0.15, 0.2) is 0 Å². The summed E-state index contributed by atoms with van der Waals surface area (Å²) in [5.41, 5.74) is 4.87. The Hall–Kier alpha value is -3.18. The maximum atomic E-state index is 12.9. The molecule has 1 saturated carbocycles. The second-order valence-corrected chi connectivity index (χ2v) is 10.1. The molecule has 3 atom stereocenters. The summed E-state index contributed by atoms with van der Waals surface area (Å²) in [6, 6.07) is 9.15. The number of rotatable bonds is 7. The van der Waals surface area contributed by atoms with E-state index in [0.717, 1.165) is 54.3 Å². The number of hydrogen-bond acceptors (Lipinski definition) is 6. The van der Waals surface area contributed by atoms with Crippen molar-refractivity contribution in [3.8, 4) is 6.07 Å². The summed E-state index contributed by atoms with van der Waals surface area (Å²) in [7, 11) is 1.76. The van der Waals surface area contributed by atoms with Crippen LogP contribution >= 0.6 is 0 Å². The van der Waals surface area contributed by atoms with Crippen LogP contribution in [0.2, 0.25) is 0 Å². The number of nitriles is 1. The first-order chi connectivity index (χ1) is 16.9. The molecule has 1 aliphatic carbocycles. The zero-order chi connectivity index (χ0) is 24.7. The number of piperazine rings is 1. The normalized spacial score (nSPS) is 21.9. The Kier molecular flexibility index (Phi) is 6.37. The van der Waals surface area contributed by atoms with Crippen LogP contribution in [0.3, 0.4) is 0 Å². The molecule has 8 nitrogen and oxygen atoms in total. The molecular weight excluding hydrogens is 438 g/mol. The van der Waals surface area contributed by atoms with E-state index in [9.17, 15) is 4.79 Å². The minimum absolute atomic E-state index is 0.0531. The van der Waals surface area contributed by atoms with Crippen LogP contribution in [0.25, 0.3) is 11.0 Å². The van der Waals surface area contributed by atoms with Gasteiger partial charge in [-0.25, -0.2) is 0 Å². The Labute approximate surface area is 206 Å². The molecule has 0 amide bonds. The summed E-state index contributed by atoms with van der Waals surface area (Å²) in [6.07, 6.45) is 8.43. The molecule has 1 aliphatic heterocycles. The van der Waals surface area contributed by atoms with E-state index in [1.165, 1.54) is 18.4 Å². The number of aromatic nitrogens is 4. The Balaban J connectivity index is 1.46. The fourth-order valence-corrected chi connectivity index (χ4v) is 5.56. The van der Waals surface area contributed by atoms with Crippen LogP contribution in [-0.4, -0.2) is 49.4 Å². The molecule has 0 radical (unpaired) electrons. The molecule has 1 unspecified atom stereocenters. The van der Waals surface area contributed by atoms with Crippen LogP contribution in [0.4, 0.5) is 5.69 Å². The number of aryl methyl sites for hydroxylation is 1. The largest absolute Gasteiger partial charge is 0.364 e. The third kappa shape index (κ3) is 4.34. The highest BCUT2D eigenvalue weighted by atomic mass is 16.1. The number of fused-ring (bicyclic) bond motifs is 1. The van der Waals surface area contributed by atoms with Crippen molar-refractivity contribution in [2.45, 2.75) is 77.0 Å². The van der Waals surface area contributed by atoms with Crippen molar-refractivity contribution in [2.75, 3.05) is 18.0 Å². The van der Waals surface area contributed by atoms with Gasteiger partial charge < -0.3 is 9.47 Å². The first-order valence-corrected chi connectivity index (χ1v) is 12.9. The van der Waals surface area contributed by atoms with Crippen LogP contribution in [-0.2, 0) is 13.6 Å². The lowest BCUT2D eigenvalue weighted by Gasteiger charge is -2.49. The van der Waals surface area contributed by atoms with E-state index in [1.54, 1.807) is 28.6 Å². The van der Waals surface area contributed by atoms with Crippen LogP contribution in [0.5, 0.6) is 0 Å². The Morgan fingerprint density at radius 3 is 2.57 bits per heavy atom. The highest BCUT2D eigenvalue weighted by Gasteiger charge is 2.37. The predicted octanol–water partition coefficient (Wildman–Crippen LogP) is 3.97. The average Bonchev–Trinajstić information content (AvgIpc) is 3.65. The highest BCUT2D eigenvalue weighted by molar-refractivity contribution is 5.88. The molecule has 184 valence electrons. The second kappa shape index (κ2) is 9.46. The molecule has 35 heavy (non-hydrogen) atoms. The first kappa shape index (κ1) is 23.6. The van der Waals surface area contributed by atoms with E-state index < -0.39 is 0 Å². The number of hydrogen-bond donors (Lipinski definition) is 0.